The van der Waals surface area contributed by atoms with Gasteiger partial charge in [-0.15, -0.1) is 0 Å². The molecule has 3 N–H and O–H groups in total. The fraction of sp³-hybridized carbons (Fsp3) is 0.818. The van der Waals surface area contributed by atoms with Gasteiger partial charge in [0.25, 0.3) is 0 Å². The molecule has 1 aliphatic rings. The zero-order chi connectivity index (χ0) is 12.2. The van der Waals surface area contributed by atoms with Crippen LogP contribution in [0.2, 0.25) is 0 Å². The van der Waals surface area contributed by atoms with Crippen molar-refractivity contribution < 1.29 is 51.2 Å². The molecule has 1 fully saturated rings. The van der Waals surface area contributed by atoms with E-state index in [1.807, 2.05) is 0 Å². The van der Waals surface area contributed by atoms with Crippen LogP contribution in [-0.4, -0.2) is 45.8 Å². The average Bonchev–Trinajstić information content (AvgIpc) is 2.11. The number of ether oxygens (including phenoxy) is 1. The average molecular weight is 456 g/mol. The molecule has 94 valence electrons. The molecule has 16 heavy (non-hydrogen) atoms. The van der Waals surface area contributed by atoms with Gasteiger partial charge in [0.15, 0.2) is 0 Å². The van der Waals surface area contributed by atoms with Gasteiger partial charge in [-0.05, 0) is 13.0 Å². The molecule has 2 unspecified atom stereocenters. The molecule has 1 aliphatic heterocycles. The first kappa shape index (κ1) is 19.2. The van der Waals surface area contributed by atoms with Crippen LogP contribution in [0.4, 0.5) is 0 Å². The summed E-state index contributed by atoms with van der Waals surface area (Å²) in [5.41, 5.74) is 0. The summed E-state index contributed by atoms with van der Waals surface area (Å²) in [7, 11) is 0. The second kappa shape index (κ2) is 8.91. The van der Waals surface area contributed by atoms with Crippen LogP contribution in [0.15, 0.2) is 0 Å². The number of aliphatic hydroxyl groups is 3. The van der Waals surface area contributed by atoms with Crippen LogP contribution in [-0.2, 0) is 4.74 Å². The van der Waals surface area contributed by atoms with Crippen LogP contribution in [0.1, 0.15) is 20.8 Å². The van der Waals surface area contributed by atoms with Crippen molar-refractivity contribution in [1.82, 2.24) is 0 Å². The Morgan fingerprint density at radius 2 is 1.44 bits per heavy atom. The third-order valence-electron chi connectivity index (χ3n) is 1.95. The van der Waals surface area contributed by atoms with Crippen molar-refractivity contribution in [2.75, 3.05) is 0 Å². The van der Waals surface area contributed by atoms with Crippen molar-refractivity contribution in [3.63, 3.8) is 0 Å². The molecule has 0 amide bonds. The first-order chi connectivity index (χ1) is 6.77. The van der Waals surface area contributed by atoms with E-state index in [1.165, 1.54) is 0 Å². The minimum Gasteiger partial charge on any atom is -0.402 e. The molecular formula is C11H22O4U. The Hall–Kier alpha value is 0.892. The smallest absolute Gasteiger partial charge is 0.402 e. The van der Waals surface area contributed by atoms with Gasteiger partial charge >= 0.3 is 31.1 Å². The van der Waals surface area contributed by atoms with Crippen LogP contribution in [0.25, 0.3) is 0 Å². The minimum absolute atomic E-state index is 0. The van der Waals surface area contributed by atoms with E-state index < -0.39 is 30.5 Å². The summed E-state index contributed by atoms with van der Waals surface area (Å²) >= 11 is 0. The van der Waals surface area contributed by atoms with Gasteiger partial charge in [0, 0.05) is 0 Å². The Kier molecular flexibility index (Phi) is 10.7. The van der Waals surface area contributed by atoms with E-state index in [0.29, 0.717) is 5.92 Å². The quantitative estimate of drug-likeness (QED) is 0.455. The molecule has 1 saturated heterocycles. The second-order valence-corrected chi connectivity index (χ2v) is 4.25. The summed E-state index contributed by atoms with van der Waals surface area (Å²) in [5.74, 6) is 0.583. The maximum absolute atomic E-state index is 9.17. The molecule has 0 aromatic heterocycles. The summed E-state index contributed by atoms with van der Waals surface area (Å²) in [4.78, 5) is 0. The number of hydrogen-bond donors (Lipinski definition) is 3. The largest absolute Gasteiger partial charge is 2.00 e. The van der Waals surface area contributed by atoms with Crippen LogP contribution in [0.3, 0.4) is 0 Å². The van der Waals surface area contributed by atoms with E-state index in [-0.39, 0.29) is 31.1 Å². The molecule has 5 heteroatoms. The molecule has 0 bridgehead atoms. The van der Waals surface area contributed by atoms with E-state index in [4.69, 9.17) is 14.9 Å². The van der Waals surface area contributed by atoms with Gasteiger partial charge in [-0.25, -0.2) is 0 Å². The van der Waals surface area contributed by atoms with Crippen molar-refractivity contribution in [2.45, 2.75) is 51.3 Å². The van der Waals surface area contributed by atoms with Crippen LogP contribution in [0.5, 0.6) is 0 Å². The maximum atomic E-state index is 9.17. The third-order valence-corrected chi connectivity index (χ3v) is 1.95. The molecule has 0 aromatic carbocycles. The predicted octanol–water partition coefficient (Wildman–Crippen LogP) is 0.167. The molecule has 0 aromatic rings. The molecule has 1 rings (SSSR count). The first-order valence-corrected chi connectivity index (χ1v) is 5.13. The number of rotatable bonds is 0. The molecule has 0 saturated carbocycles. The van der Waals surface area contributed by atoms with Gasteiger partial charge in [-0.1, -0.05) is 13.8 Å². The topological polar surface area (TPSA) is 69.9 Å². The Morgan fingerprint density at radius 3 is 1.81 bits per heavy atom. The summed E-state index contributed by atoms with van der Waals surface area (Å²) in [5, 5.41) is 27.5. The molecule has 5 atom stereocenters. The van der Waals surface area contributed by atoms with Gasteiger partial charge < -0.3 is 33.9 Å². The van der Waals surface area contributed by atoms with Crippen LogP contribution in [0, 0.1) is 50.9 Å². The van der Waals surface area contributed by atoms with Gasteiger partial charge in [-0.3, -0.25) is 0 Å². The normalized spacial score (nSPS) is 38.4. The number of aliphatic hydroxyl groups excluding tert-OH is 3. The van der Waals surface area contributed by atoms with Crippen molar-refractivity contribution in [3.8, 4) is 0 Å². The summed E-state index contributed by atoms with van der Waals surface area (Å²) in [6, 6.07) is 0. The van der Waals surface area contributed by atoms with Crippen molar-refractivity contribution in [1.29, 1.82) is 0 Å². The zero-order valence-corrected chi connectivity index (χ0v) is 14.3. The molecular weight excluding hydrogens is 434 g/mol. The van der Waals surface area contributed by atoms with E-state index in [1.54, 1.807) is 6.92 Å². The fourth-order valence-corrected chi connectivity index (χ4v) is 1.14. The van der Waals surface area contributed by atoms with Crippen molar-refractivity contribution in [2.24, 2.45) is 5.92 Å². The molecule has 0 spiro atoms. The Labute approximate surface area is 122 Å². The van der Waals surface area contributed by atoms with Gasteiger partial charge in [0.2, 0.25) is 0 Å². The number of hydrogen-bond acceptors (Lipinski definition) is 4. The van der Waals surface area contributed by atoms with Crippen molar-refractivity contribution >= 4 is 0 Å². The second-order valence-electron chi connectivity index (χ2n) is 4.25. The molecule has 1 heterocycles. The molecule has 0 radical (unpaired) electrons. The third kappa shape index (κ3) is 6.58. The van der Waals surface area contributed by atoms with E-state index >= 15 is 0 Å². The van der Waals surface area contributed by atoms with Crippen LogP contribution < -0.4 is 0 Å². The summed E-state index contributed by atoms with van der Waals surface area (Å²) in [6.07, 6.45) is -4.41. The van der Waals surface area contributed by atoms with Gasteiger partial charge in [0.05, 0.1) is 12.2 Å². The summed E-state index contributed by atoms with van der Waals surface area (Å²) in [6.45, 7) is 12.8. The van der Waals surface area contributed by atoms with Crippen LogP contribution >= 0.6 is 0 Å². The molecule has 0 aliphatic carbocycles. The Balaban J connectivity index is 0. The predicted molar refractivity (Wildman–Crippen MR) is 57.9 cm³/mol. The van der Waals surface area contributed by atoms with Gasteiger partial charge in [-0.2, -0.15) is 5.92 Å². The Morgan fingerprint density at radius 1 is 1.06 bits per heavy atom. The minimum atomic E-state index is -1.15. The van der Waals surface area contributed by atoms with Crippen molar-refractivity contribution in [3.05, 3.63) is 13.8 Å². The molecule has 4 nitrogen and oxygen atoms in total. The maximum Gasteiger partial charge on any atom is 2.00 e. The Bertz CT molecular complexity index is 161. The standard InChI is InChI=1S/C7H13O4.C4H9.U/c1-3-5(8)7(10)6(9)4(2)11-3;1-4(2)3;/h3-10H,1H2,2H3;4H,1H2,2-3H3;/q2*-1;+2/t3-,4-,5?,6+,7?;;/m0../s1. The van der Waals surface area contributed by atoms with E-state index in [0.717, 1.165) is 0 Å². The fourth-order valence-electron chi connectivity index (χ4n) is 1.14. The first-order valence-electron chi connectivity index (χ1n) is 5.13. The SMILES string of the molecule is [CH2-]C(C)C.[CH2-][C@@H]1O[C@@H](C)[C@@H](O)C(O)C1O.[U+2]. The van der Waals surface area contributed by atoms with E-state index in [9.17, 15) is 5.11 Å². The van der Waals surface area contributed by atoms with Gasteiger partial charge in [0.1, 0.15) is 12.2 Å². The summed E-state index contributed by atoms with van der Waals surface area (Å²) < 4.78 is 5.01. The zero-order valence-electron chi connectivity index (χ0n) is 10.1. The monoisotopic (exact) mass is 456 g/mol. The van der Waals surface area contributed by atoms with E-state index in [2.05, 4.69) is 27.7 Å².